The zero-order chi connectivity index (χ0) is 22.3. The van der Waals surface area contributed by atoms with Crippen LogP contribution in [0.5, 0.6) is 0 Å². The first-order valence-corrected chi connectivity index (χ1v) is 11.9. The number of benzene rings is 2. The number of sulfonamides is 1. The highest BCUT2D eigenvalue weighted by Gasteiger charge is 2.38. The molecular formula is C23H22N6O2S. The molecule has 2 aromatic heterocycles. The van der Waals surface area contributed by atoms with Gasteiger partial charge in [0.25, 0.3) is 0 Å². The van der Waals surface area contributed by atoms with Gasteiger partial charge in [0.1, 0.15) is 0 Å². The van der Waals surface area contributed by atoms with E-state index in [9.17, 15) is 8.42 Å². The normalized spacial score (nSPS) is 19.4. The quantitative estimate of drug-likeness (QED) is 0.506. The van der Waals surface area contributed by atoms with Gasteiger partial charge in [-0.3, -0.25) is 9.78 Å². The molecule has 0 radical (unpaired) electrons. The van der Waals surface area contributed by atoms with Gasteiger partial charge in [-0.05, 0) is 55.2 Å². The maximum absolute atomic E-state index is 13.2. The molecule has 162 valence electrons. The Morgan fingerprint density at radius 1 is 1.19 bits per heavy atom. The molecule has 32 heavy (non-hydrogen) atoms. The third-order valence-electron chi connectivity index (χ3n) is 6.08. The second-order valence-electron chi connectivity index (χ2n) is 8.25. The fraction of sp³-hybridized carbons (Fsp3) is 0.261. The van der Waals surface area contributed by atoms with Gasteiger partial charge in [-0.1, -0.05) is 12.1 Å². The highest BCUT2D eigenvalue weighted by Crippen LogP contribution is 2.31. The zero-order valence-corrected chi connectivity index (χ0v) is 18.3. The lowest BCUT2D eigenvalue weighted by atomic mass is 10.1. The summed E-state index contributed by atoms with van der Waals surface area (Å²) in [5, 5.41) is 21.5. The van der Waals surface area contributed by atoms with Crippen molar-refractivity contribution in [2.75, 3.05) is 6.54 Å². The predicted octanol–water partition coefficient (Wildman–Crippen LogP) is 3.40. The van der Waals surface area contributed by atoms with Crippen molar-refractivity contribution in [2.45, 2.75) is 30.8 Å². The summed E-state index contributed by atoms with van der Waals surface area (Å²) in [4.78, 5) is 0.167. The van der Waals surface area contributed by atoms with Crippen molar-refractivity contribution in [2.24, 2.45) is 5.92 Å². The topological polar surface area (TPSA) is 108 Å². The summed E-state index contributed by atoms with van der Waals surface area (Å²) in [6, 6.07) is 14.3. The van der Waals surface area contributed by atoms with E-state index in [2.05, 4.69) is 21.4 Å². The van der Waals surface area contributed by atoms with Crippen molar-refractivity contribution in [3.63, 3.8) is 0 Å². The fourth-order valence-electron chi connectivity index (χ4n) is 4.50. The lowest BCUT2D eigenvalue weighted by Gasteiger charge is -2.21. The van der Waals surface area contributed by atoms with Crippen molar-refractivity contribution < 1.29 is 8.42 Å². The van der Waals surface area contributed by atoms with Crippen LogP contribution in [0, 0.1) is 17.2 Å². The maximum atomic E-state index is 13.2. The second-order valence-corrected chi connectivity index (χ2v) is 10.1. The van der Waals surface area contributed by atoms with Gasteiger partial charge < -0.3 is 0 Å². The van der Waals surface area contributed by atoms with Crippen LogP contribution in [0.15, 0.2) is 66.0 Å². The Kier molecular flexibility index (Phi) is 5.04. The van der Waals surface area contributed by atoms with Gasteiger partial charge in [-0.2, -0.15) is 19.8 Å². The van der Waals surface area contributed by atoms with Crippen molar-refractivity contribution >= 4 is 20.9 Å². The first-order valence-electron chi connectivity index (χ1n) is 10.4. The van der Waals surface area contributed by atoms with E-state index in [1.165, 1.54) is 6.07 Å². The van der Waals surface area contributed by atoms with E-state index < -0.39 is 10.0 Å². The summed E-state index contributed by atoms with van der Waals surface area (Å²) in [6.45, 7) is 3.00. The Morgan fingerprint density at radius 3 is 2.84 bits per heavy atom. The molecule has 2 aromatic carbocycles. The average molecular weight is 447 g/mol. The van der Waals surface area contributed by atoms with Crippen molar-refractivity contribution in [3.8, 4) is 17.2 Å². The molecule has 4 aromatic rings. The van der Waals surface area contributed by atoms with E-state index in [4.69, 9.17) is 5.26 Å². The molecule has 0 saturated carbocycles. The van der Waals surface area contributed by atoms with Gasteiger partial charge in [-0.25, -0.2) is 8.42 Å². The molecule has 1 fully saturated rings. The van der Waals surface area contributed by atoms with Crippen molar-refractivity contribution in [1.29, 1.82) is 5.26 Å². The van der Waals surface area contributed by atoms with Crippen LogP contribution in [0.25, 0.3) is 22.0 Å². The van der Waals surface area contributed by atoms with Crippen molar-refractivity contribution in [1.82, 2.24) is 24.3 Å². The van der Waals surface area contributed by atoms with E-state index in [-0.39, 0.29) is 16.9 Å². The molecule has 0 bridgehead atoms. The average Bonchev–Trinajstić information content (AvgIpc) is 3.54. The van der Waals surface area contributed by atoms with E-state index in [0.29, 0.717) is 18.7 Å². The minimum Gasteiger partial charge on any atom is -0.285 e. The highest BCUT2D eigenvalue weighted by molar-refractivity contribution is 7.89. The summed E-state index contributed by atoms with van der Waals surface area (Å²) in [5.41, 5.74) is 3.45. The molecule has 0 unspecified atom stereocenters. The maximum Gasteiger partial charge on any atom is 0.243 e. The van der Waals surface area contributed by atoms with Crippen LogP contribution in [0.2, 0.25) is 0 Å². The molecule has 2 atom stereocenters. The number of hydrogen-bond donors (Lipinski definition) is 1. The van der Waals surface area contributed by atoms with Gasteiger partial charge in [-0.15, -0.1) is 0 Å². The number of aromatic amines is 1. The first kappa shape index (κ1) is 20.4. The largest absolute Gasteiger partial charge is 0.285 e. The molecule has 0 amide bonds. The SMILES string of the molecule is C[C@@H]1C[C@H](Cn2ncc3cc(-c4cn[nH]c4)ccc32)CN1S(=O)(=O)c1cccc(C#N)c1. The van der Waals surface area contributed by atoms with E-state index in [1.54, 1.807) is 28.7 Å². The molecule has 0 spiro atoms. The lowest BCUT2D eigenvalue weighted by molar-refractivity contribution is 0.396. The second kappa shape index (κ2) is 7.89. The molecule has 3 heterocycles. The predicted molar refractivity (Wildman–Crippen MR) is 120 cm³/mol. The summed E-state index contributed by atoms with van der Waals surface area (Å²) in [7, 11) is -3.66. The highest BCUT2D eigenvalue weighted by atomic mass is 32.2. The lowest BCUT2D eigenvalue weighted by Crippen LogP contribution is -2.34. The monoisotopic (exact) mass is 446 g/mol. The molecule has 1 saturated heterocycles. The van der Waals surface area contributed by atoms with Crippen molar-refractivity contribution in [3.05, 3.63) is 66.6 Å². The van der Waals surface area contributed by atoms with Gasteiger partial charge in [0.2, 0.25) is 10.0 Å². The summed E-state index contributed by atoms with van der Waals surface area (Å²) >= 11 is 0. The number of rotatable bonds is 5. The third kappa shape index (κ3) is 3.57. The van der Waals surface area contributed by atoms with E-state index in [0.717, 1.165) is 28.5 Å². The number of H-pyrrole nitrogens is 1. The molecular weight excluding hydrogens is 424 g/mol. The van der Waals surface area contributed by atoms with Gasteiger partial charge in [0.05, 0.1) is 34.4 Å². The standard InChI is InChI=1S/C23H22N6O2S/c1-16-7-18(15-29(16)32(30,31)22-4-2-3-17(8-22)10-24)14-28-23-6-5-19(9-20(23)13-27-28)21-11-25-26-12-21/h2-6,8-9,11-13,16,18H,7,14-15H2,1H3,(H,25,26)/t16-,18-/m1/s1. The van der Waals surface area contributed by atoms with E-state index >= 15 is 0 Å². The summed E-state index contributed by atoms with van der Waals surface area (Å²) in [6.07, 6.45) is 6.24. The van der Waals surface area contributed by atoms with Gasteiger partial charge in [0.15, 0.2) is 0 Å². The van der Waals surface area contributed by atoms with Crippen LogP contribution in [0.3, 0.4) is 0 Å². The van der Waals surface area contributed by atoms with Crippen LogP contribution in [-0.2, 0) is 16.6 Å². The van der Waals surface area contributed by atoms with Crippen LogP contribution in [0.1, 0.15) is 18.9 Å². The number of hydrogen-bond acceptors (Lipinski definition) is 5. The molecule has 9 heteroatoms. The molecule has 8 nitrogen and oxygen atoms in total. The molecule has 1 aliphatic heterocycles. The molecule has 5 rings (SSSR count). The smallest absolute Gasteiger partial charge is 0.243 e. The third-order valence-corrected chi connectivity index (χ3v) is 8.05. The number of fused-ring (bicyclic) bond motifs is 1. The minimum atomic E-state index is -3.66. The Bertz CT molecular complexity index is 1420. The fourth-order valence-corrected chi connectivity index (χ4v) is 6.27. The zero-order valence-electron chi connectivity index (χ0n) is 17.5. The summed E-state index contributed by atoms with van der Waals surface area (Å²) < 4.78 is 29.9. The van der Waals surface area contributed by atoms with Crippen LogP contribution >= 0.6 is 0 Å². The molecule has 1 aliphatic rings. The molecule has 1 N–H and O–H groups in total. The van der Waals surface area contributed by atoms with Crippen LogP contribution in [0.4, 0.5) is 0 Å². The van der Waals surface area contributed by atoms with Crippen LogP contribution < -0.4 is 0 Å². The number of aromatic nitrogens is 4. The minimum absolute atomic E-state index is 0.120. The number of nitrogens with zero attached hydrogens (tertiary/aromatic N) is 5. The number of nitriles is 1. The van der Waals surface area contributed by atoms with E-state index in [1.807, 2.05) is 42.2 Å². The summed E-state index contributed by atoms with van der Waals surface area (Å²) in [5.74, 6) is 0.149. The Balaban J connectivity index is 1.36. The molecule has 0 aliphatic carbocycles. The van der Waals surface area contributed by atoms with Gasteiger partial charge in [0, 0.05) is 36.3 Å². The number of nitrogens with one attached hydrogen (secondary N) is 1. The van der Waals surface area contributed by atoms with Crippen LogP contribution in [-0.4, -0.2) is 45.3 Å². The van der Waals surface area contributed by atoms with Gasteiger partial charge >= 0.3 is 0 Å². The first-order chi connectivity index (χ1) is 15.5. The Morgan fingerprint density at radius 2 is 2.06 bits per heavy atom. The Labute approximate surface area is 186 Å². The Hall–Kier alpha value is -3.48.